The van der Waals surface area contributed by atoms with Crippen LogP contribution in [0.4, 0.5) is 0 Å². The highest BCUT2D eigenvalue weighted by atomic mass is 16.1. The highest BCUT2D eigenvalue weighted by Gasteiger charge is 2.64. The van der Waals surface area contributed by atoms with E-state index in [-0.39, 0.29) is 17.1 Å². The lowest BCUT2D eigenvalue weighted by atomic mass is 9.44. The van der Waals surface area contributed by atoms with E-state index in [2.05, 4.69) is 20.8 Å². The van der Waals surface area contributed by atoms with Crippen LogP contribution in [0.1, 0.15) is 79.1 Å². The van der Waals surface area contributed by atoms with Crippen LogP contribution in [0.2, 0.25) is 0 Å². The summed E-state index contributed by atoms with van der Waals surface area (Å²) in [5.74, 6) is 4.09. The Bertz CT molecular complexity index is 566. The SMILES string of the molecule is CC(=O)[C@H]1CCC2C3CCC4CC(C)CC[C@]4(C)C3CC(=O)[C@@]21C. The Morgan fingerprint density at radius 2 is 1.79 bits per heavy atom. The summed E-state index contributed by atoms with van der Waals surface area (Å²) in [5, 5.41) is 0. The number of fused-ring (bicyclic) bond motifs is 5. The average Bonchev–Trinajstić information content (AvgIpc) is 2.88. The van der Waals surface area contributed by atoms with Crippen LogP contribution in [0.3, 0.4) is 0 Å². The zero-order chi connectivity index (χ0) is 17.3. The van der Waals surface area contributed by atoms with Crippen molar-refractivity contribution < 1.29 is 9.59 Å². The van der Waals surface area contributed by atoms with Gasteiger partial charge in [0.05, 0.1) is 0 Å². The summed E-state index contributed by atoms with van der Waals surface area (Å²) in [6.45, 7) is 8.77. The standard InChI is InChI=1S/C22H34O2/c1-13-9-10-21(3)15(11-13)5-6-16-18-8-7-17(14(2)23)22(18,4)20(24)12-19(16)21/h13,15-19H,5-12H2,1-4H3/t13?,15?,16?,17-,18?,19?,21+,22-/m1/s1. The molecule has 4 rings (SSSR count). The van der Waals surface area contributed by atoms with Gasteiger partial charge in [-0.25, -0.2) is 0 Å². The molecule has 4 aliphatic carbocycles. The van der Waals surface area contributed by atoms with E-state index >= 15 is 0 Å². The lowest BCUT2D eigenvalue weighted by Crippen LogP contribution is -2.57. The van der Waals surface area contributed by atoms with E-state index in [1.807, 2.05) is 0 Å². The van der Waals surface area contributed by atoms with Gasteiger partial charge in [-0.05, 0) is 80.5 Å². The van der Waals surface area contributed by atoms with Crippen LogP contribution >= 0.6 is 0 Å². The van der Waals surface area contributed by atoms with Gasteiger partial charge in [0, 0.05) is 17.8 Å². The number of carbonyl (C=O) groups excluding carboxylic acids is 2. The molecule has 0 aromatic rings. The van der Waals surface area contributed by atoms with Crippen LogP contribution in [-0.4, -0.2) is 11.6 Å². The Labute approximate surface area is 147 Å². The molecule has 0 N–H and O–H groups in total. The first-order valence-corrected chi connectivity index (χ1v) is 10.3. The first kappa shape index (κ1) is 16.8. The smallest absolute Gasteiger partial charge is 0.140 e. The predicted octanol–water partition coefficient (Wildman–Crippen LogP) is 5.05. The molecule has 2 nitrogen and oxygen atoms in total. The van der Waals surface area contributed by atoms with E-state index in [9.17, 15) is 9.59 Å². The summed E-state index contributed by atoms with van der Waals surface area (Å²) in [6.07, 6.45) is 9.47. The number of hydrogen-bond donors (Lipinski definition) is 0. The molecule has 24 heavy (non-hydrogen) atoms. The number of Topliss-reactive ketones (excluding diaryl/α,β-unsaturated/α-hetero) is 2. The molecule has 134 valence electrons. The lowest BCUT2D eigenvalue weighted by Gasteiger charge is -2.60. The Hall–Kier alpha value is -0.660. The summed E-state index contributed by atoms with van der Waals surface area (Å²) in [7, 11) is 0. The Kier molecular flexibility index (Phi) is 3.79. The van der Waals surface area contributed by atoms with E-state index in [0.717, 1.165) is 31.1 Å². The molecule has 0 aromatic carbocycles. The molecule has 0 amide bonds. The van der Waals surface area contributed by atoms with Gasteiger partial charge in [0.1, 0.15) is 11.6 Å². The van der Waals surface area contributed by atoms with Gasteiger partial charge < -0.3 is 0 Å². The molecule has 4 aliphatic rings. The summed E-state index contributed by atoms with van der Waals surface area (Å²) in [6, 6.07) is 0. The van der Waals surface area contributed by atoms with Crippen molar-refractivity contribution in [2.75, 3.05) is 0 Å². The summed E-state index contributed by atoms with van der Waals surface area (Å²) >= 11 is 0. The van der Waals surface area contributed by atoms with Crippen LogP contribution in [0, 0.1) is 46.3 Å². The first-order chi connectivity index (χ1) is 11.3. The minimum Gasteiger partial charge on any atom is -0.300 e. The zero-order valence-electron chi connectivity index (χ0n) is 15.9. The molecule has 0 heterocycles. The third kappa shape index (κ3) is 2.07. The Morgan fingerprint density at radius 1 is 1.04 bits per heavy atom. The van der Waals surface area contributed by atoms with E-state index in [0.29, 0.717) is 29.0 Å². The Balaban J connectivity index is 1.68. The molecule has 0 saturated heterocycles. The summed E-state index contributed by atoms with van der Waals surface area (Å²) in [4.78, 5) is 25.5. The third-order valence-corrected chi connectivity index (χ3v) is 9.28. The maximum atomic E-state index is 13.3. The fourth-order valence-corrected chi connectivity index (χ4v) is 7.83. The largest absolute Gasteiger partial charge is 0.300 e. The van der Waals surface area contributed by atoms with Crippen molar-refractivity contribution in [3.8, 4) is 0 Å². The molecular weight excluding hydrogens is 296 g/mol. The van der Waals surface area contributed by atoms with Crippen LogP contribution in [0.15, 0.2) is 0 Å². The fraction of sp³-hybridized carbons (Fsp3) is 0.909. The zero-order valence-corrected chi connectivity index (χ0v) is 15.9. The molecule has 2 heteroatoms. The highest BCUT2D eigenvalue weighted by Crippen LogP contribution is 2.66. The van der Waals surface area contributed by atoms with Crippen molar-refractivity contribution >= 4 is 11.6 Å². The van der Waals surface area contributed by atoms with E-state index < -0.39 is 0 Å². The highest BCUT2D eigenvalue weighted by molar-refractivity contribution is 5.93. The van der Waals surface area contributed by atoms with Gasteiger partial charge in [0.25, 0.3) is 0 Å². The molecule has 0 aromatic heterocycles. The third-order valence-electron chi connectivity index (χ3n) is 9.28. The van der Waals surface area contributed by atoms with Gasteiger partial charge in [-0.3, -0.25) is 9.59 Å². The fourth-order valence-electron chi connectivity index (χ4n) is 7.83. The normalized spacial score (nSPS) is 53.9. The second kappa shape index (κ2) is 5.42. The molecule has 4 saturated carbocycles. The van der Waals surface area contributed by atoms with Crippen LogP contribution in [0.5, 0.6) is 0 Å². The van der Waals surface area contributed by atoms with Crippen molar-refractivity contribution in [2.24, 2.45) is 46.3 Å². The molecule has 0 bridgehead atoms. The van der Waals surface area contributed by atoms with Crippen molar-refractivity contribution in [1.29, 1.82) is 0 Å². The minimum atomic E-state index is -0.349. The van der Waals surface area contributed by atoms with E-state index in [1.165, 1.54) is 32.1 Å². The van der Waals surface area contributed by atoms with E-state index in [1.54, 1.807) is 6.92 Å². The molecule has 0 aliphatic heterocycles. The number of ketones is 2. The molecule has 0 radical (unpaired) electrons. The maximum absolute atomic E-state index is 13.3. The number of rotatable bonds is 1. The van der Waals surface area contributed by atoms with Gasteiger partial charge in [-0.1, -0.05) is 27.2 Å². The molecular formula is C22H34O2. The van der Waals surface area contributed by atoms with Gasteiger partial charge in [-0.2, -0.15) is 0 Å². The van der Waals surface area contributed by atoms with Gasteiger partial charge in [-0.15, -0.1) is 0 Å². The van der Waals surface area contributed by atoms with Crippen molar-refractivity contribution in [2.45, 2.75) is 79.1 Å². The number of hydrogen-bond acceptors (Lipinski definition) is 2. The van der Waals surface area contributed by atoms with E-state index in [4.69, 9.17) is 0 Å². The number of carbonyl (C=O) groups is 2. The average molecular weight is 331 g/mol. The molecule has 8 atom stereocenters. The summed E-state index contributed by atoms with van der Waals surface area (Å²) in [5.41, 5.74) is 0.0267. The maximum Gasteiger partial charge on any atom is 0.140 e. The van der Waals surface area contributed by atoms with Gasteiger partial charge in [0.15, 0.2) is 0 Å². The monoisotopic (exact) mass is 330 g/mol. The van der Waals surface area contributed by atoms with Crippen LogP contribution in [0.25, 0.3) is 0 Å². The van der Waals surface area contributed by atoms with Crippen molar-refractivity contribution in [3.05, 3.63) is 0 Å². The van der Waals surface area contributed by atoms with Crippen LogP contribution < -0.4 is 0 Å². The van der Waals surface area contributed by atoms with Crippen molar-refractivity contribution in [1.82, 2.24) is 0 Å². The topological polar surface area (TPSA) is 34.1 Å². The Morgan fingerprint density at radius 3 is 2.50 bits per heavy atom. The second-order valence-corrected chi connectivity index (χ2v) is 10.2. The predicted molar refractivity (Wildman–Crippen MR) is 95.5 cm³/mol. The van der Waals surface area contributed by atoms with Crippen molar-refractivity contribution in [3.63, 3.8) is 0 Å². The molecule has 5 unspecified atom stereocenters. The lowest BCUT2D eigenvalue weighted by molar-refractivity contribution is -0.159. The molecule has 4 fully saturated rings. The van der Waals surface area contributed by atoms with Crippen LogP contribution in [-0.2, 0) is 9.59 Å². The first-order valence-electron chi connectivity index (χ1n) is 10.3. The second-order valence-electron chi connectivity index (χ2n) is 10.2. The minimum absolute atomic E-state index is 0.00661. The van der Waals surface area contributed by atoms with Gasteiger partial charge >= 0.3 is 0 Å². The molecule has 0 spiro atoms. The summed E-state index contributed by atoms with van der Waals surface area (Å²) < 4.78 is 0. The van der Waals surface area contributed by atoms with Gasteiger partial charge in [0.2, 0.25) is 0 Å². The quantitative estimate of drug-likeness (QED) is 0.674.